The molecule has 8 nitrogen and oxygen atoms in total. The Kier molecular flexibility index (Phi) is 5.22. The van der Waals surface area contributed by atoms with Gasteiger partial charge in [-0.3, -0.25) is 18.8 Å². The number of aromatic nitrogens is 4. The number of benzene rings is 1. The van der Waals surface area contributed by atoms with Crippen LogP contribution in [0.5, 0.6) is 0 Å². The highest BCUT2D eigenvalue weighted by molar-refractivity contribution is 6.06. The van der Waals surface area contributed by atoms with E-state index in [1.807, 2.05) is 29.8 Å². The Labute approximate surface area is 172 Å². The summed E-state index contributed by atoms with van der Waals surface area (Å²) in [5.74, 6) is 0.0279. The number of carbonyl (C=O) groups excluding carboxylic acids is 1. The minimum absolute atomic E-state index is 0.168. The monoisotopic (exact) mass is 405 g/mol. The Hall–Kier alpha value is -3.68. The molecule has 1 N–H and O–H groups in total. The molecule has 4 aromatic rings. The molecule has 0 unspecified atom stereocenters. The second-order valence-corrected chi connectivity index (χ2v) is 7.14. The molecule has 3 heterocycles. The largest absolute Gasteiger partial charge is 0.442 e. The lowest BCUT2D eigenvalue weighted by Crippen LogP contribution is -2.28. The minimum atomic E-state index is -0.344. The van der Waals surface area contributed by atoms with Gasteiger partial charge in [0.15, 0.2) is 0 Å². The summed E-state index contributed by atoms with van der Waals surface area (Å²) in [6, 6.07) is 8.07. The maximum atomic E-state index is 12.8. The predicted octanol–water partition coefficient (Wildman–Crippen LogP) is 2.96. The fourth-order valence-corrected chi connectivity index (χ4v) is 3.66. The van der Waals surface area contributed by atoms with Gasteiger partial charge in [-0.15, -0.1) is 6.58 Å². The van der Waals surface area contributed by atoms with Crippen molar-refractivity contribution in [1.29, 1.82) is 0 Å². The fraction of sp³-hybridized carbons (Fsp3) is 0.273. The van der Waals surface area contributed by atoms with Crippen LogP contribution in [-0.2, 0) is 13.1 Å². The third-order valence-corrected chi connectivity index (χ3v) is 5.08. The topological polar surface area (TPSA) is 95.0 Å². The molecule has 0 spiro atoms. The Morgan fingerprint density at radius 2 is 2.10 bits per heavy atom. The summed E-state index contributed by atoms with van der Waals surface area (Å²) in [4.78, 5) is 29.7. The Morgan fingerprint density at radius 3 is 2.90 bits per heavy atom. The van der Waals surface area contributed by atoms with E-state index in [4.69, 9.17) is 4.42 Å². The molecule has 4 rings (SSSR count). The van der Waals surface area contributed by atoms with Gasteiger partial charge in [-0.2, -0.15) is 5.10 Å². The number of hydrogen-bond acceptors (Lipinski definition) is 5. The van der Waals surface area contributed by atoms with E-state index in [9.17, 15) is 9.59 Å². The number of fused-ring (bicyclic) bond motifs is 2. The quantitative estimate of drug-likeness (QED) is 0.377. The van der Waals surface area contributed by atoms with Crippen LogP contribution >= 0.6 is 0 Å². The second-order valence-electron chi connectivity index (χ2n) is 7.14. The number of aryl methyl sites for hydroxylation is 3. The van der Waals surface area contributed by atoms with Crippen LogP contribution in [0.25, 0.3) is 22.0 Å². The fourth-order valence-electron chi connectivity index (χ4n) is 3.66. The molecule has 3 aromatic heterocycles. The normalized spacial score (nSPS) is 11.3. The van der Waals surface area contributed by atoms with Gasteiger partial charge in [0.05, 0.1) is 16.8 Å². The van der Waals surface area contributed by atoms with Crippen molar-refractivity contribution in [1.82, 2.24) is 24.6 Å². The lowest BCUT2D eigenvalue weighted by atomic mass is 10.1. The standard InChI is InChI=1S/C22H23N5O3/c1-4-11-26-13-24-21-19(22(26)29)18(15(3)30-21)20(28)23-10-7-12-27-17-9-6-5-8-16(17)14(2)25-27/h4-6,8-9,13H,1,7,10-12H2,2-3H3,(H,23,28). The Balaban J connectivity index is 1.48. The molecule has 0 aliphatic carbocycles. The summed E-state index contributed by atoms with van der Waals surface area (Å²) < 4.78 is 8.88. The van der Waals surface area contributed by atoms with Crippen molar-refractivity contribution in [2.45, 2.75) is 33.4 Å². The van der Waals surface area contributed by atoms with E-state index in [1.165, 1.54) is 10.9 Å². The van der Waals surface area contributed by atoms with Crippen LogP contribution in [0.3, 0.4) is 0 Å². The zero-order chi connectivity index (χ0) is 21.3. The van der Waals surface area contributed by atoms with Crippen molar-refractivity contribution in [2.75, 3.05) is 6.54 Å². The molecule has 8 heteroatoms. The molecule has 0 aliphatic rings. The zero-order valence-electron chi connectivity index (χ0n) is 17.0. The number of carbonyl (C=O) groups is 1. The van der Waals surface area contributed by atoms with Crippen molar-refractivity contribution >= 4 is 27.9 Å². The van der Waals surface area contributed by atoms with E-state index < -0.39 is 0 Å². The first kappa shape index (κ1) is 19.6. The average Bonchev–Trinajstić information content (AvgIpc) is 3.24. The van der Waals surface area contributed by atoms with Crippen molar-refractivity contribution in [3.8, 4) is 0 Å². The second kappa shape index (κ2) is 7.98. The lowest BCUT2D eigenvalue weighted by molar-refractivity contribution is 0.0952. The molecule has 1 amide bonds. The number of furan rings is 1. The van der Waals surface area contributed by atoms with Gasteiger partial charge in [-0.1, -0.05) is 24.3 Å². The van der Waals surface area contributed by atoms with Crippen molar-refractivity contribution in [2.24, 2.45) is 0 Å². The van der Waals surface area contributed by atoms with Gasteiger partial charge in [0, 0.05) is 25.0 Å². The number of allylic oxidation sites excluding steroid dienone is 1. The van der Waals surface area contributed by atoms with E-state index in [2.05, 4.69) is 28.0 Å². The van der Waals surface area contributed by atoms with Crippen molar-refractivity contribution in [3.05, 3.63) is 70.6 Å². The Bertz CT molecular complexity index is 1310. The van der Waals surface area contributed by atoms with Crippen LogP contribution in [0, 0.1) is 13.8 Å². The van der Waals surface area contributed by atoms with E-state index >= 15 is 0 Å². The summed E-state index contributed by atoms with van der Waals surface area (Å²) in [6.45, 7) is 8.71. The summed E-state index contributed by atoms with van der Waals surface area (Å²) in [7, 11) is 0. The molecule has 0 saturated heterocycles. The molecule has 30 heavy (non-hydrogen) atoms. The zero-order valence-corrected chi connectivity index (χ0v) is 17.0. The third-order valence-electron chi connectivity index (χ3n) is 5.08. The van der Waals surface area contributed by atoms with Crippen LogP contribution < -0.4 is 10.9 Å². The smallest absolute Gasteiger partial charge is 0.265 e. The maximum Gasteiger partial charge on any atom is 0.265 e. The van der Waals surface area contributed by atoms with Crippen LogP contribution in [-0.4, -0.2) is 31.8 Å². The van der Waals surface area contributed by atoms with Crippen LogP contribution in [0.4, 0.5) is 0 Å². The van der Waals surface area contributed by atoms with E-state index in [-0.39, 0.29) is 28.1 Å². The number of para-hydroxylation sites is 1. The van der Waals surface area contributed by atoms with Gasteiger partial charge < -0.3 is 9.73 Å². The molecule has 0 aliphatic heterocycles. The molecule has 154 valence electrons. The Morgan fingerprint density at radius 1 is 1.30 bits per heavy atom. The first-order chi connectivity index (χ1) is 14.5. The number of nitrogens with one attached hydrogen (secondary N) is 1. The number of hydrogen-bond donors (Lipinski definition) is 1. The maximum absolute atomic E-state index is 12.8. The average molecular weight is 405 g/mol. The van der Waals surface area contributed by atoms with Crippen LogP contribution in [0.1, 0.15) is 28.2 Å². The lowest BCUT2D eigenvalue weighted by Gasteiger charge is -2.06. The summed E-state index contributed by atoms with van der Waals surface area (Å²) in [6.07, 6.45) is 3.69. The molecular weight excluding hydrogens is 382 g/mol. The summed E-state index contributed by atoms with van der Waals surface area (Å²) >= 11 is 0. The van der Waals surface area contributed by atoms with Gasteiger partial charge in [-0.25, -0.2) is 4.98 Å². The van der Waals surface area contributed by atoms with Crippen LogP contribution in [0.2, 0.25) is 0 Å². The van der Waals surface area contributed by atoms with Crippen LogP contribution in [0.15, 0.2) is 52.5 Å². The van der Waals surface area contributed by atoms with Gasteiger partial charge in [0.25, 0.3) is 11.5 Å². The molecule has 0 fully saturated rings. The van der Waals surface area contributed by atoms with E-state index in [1.54, 1.807) is 13.0 Å². The van der Waals surface area contributed by atoms with Crippen molar-refractivity contribution in [3.63, 3.8) is 0 Å². The number of nitrogens with zero attached hydrogens (tertiary/aromatic N) is 4. The number of amides is 1. The van der Waals surface area contributed by atoms with Gasteiger partial charge >= 0.3 is 0 Å². The molecular formula is C22H23N5O3. The van der Waals surface area contributed by atoms with E-state index in [0.29, 0.717) is 31.8 Å². The highest BCUT2D eigenvalue weighted by Crippen LogP contribution is 2.21. The first-order valence-electron chi connectivity index (χ1n) is 9.81. The molecule has 0 atom stereocenters. The first-order valence-corrected chi connectivity index (χ1v) is 9.81. The third kappa shape index (κ3) is 3.41. The van der Waals surface area contributed by atoms with Crippen molar-refractivity contribution < 1.29 is 9.21 Å². The molecule has 1 aromatic carbocycles. The van der Waals surface area contributed by atoms with E-state index in [0.717, 1.165) is 16.6 Å². The molecule has 0 bridgehead atoms. The molecule has 0 radical (unpaired) electrons. The summed E-state index contributed by atoms with van der Waals surface area (Å²) in [5.41, 5.74) is 2.15. The number of rotatable bonds is 7. The highest BCUT2D eigenvalue weighted by Gasteiger charge is 2.22. The van der Waals surface area contributed by atoms with Gasteiger partial charge in [0.1, 0.15) is 17.5 Å². The molecule has 0 saturated carbocycles. The predicted molar refractivity (Wildman–Crippen MR) is 115 cm³/mol. The summed E-state index contributed by atoms with van der Waals surface area (Å²) in [5, 5.41) is 8.79. The minimum Gasteiger partial charge on any atom is -0.442 e. The van der Waals surface area contributed by atoms with Gasteiger partial charge in [-0.05, 0) is 26.3 Å². The SMILES string of the molecule is C=CCn1cnc2oc(C)c(C(=O)NCCCn3nc(C)c4ccccc43)c2c1=O. The highest BCUT2D eigenvalue weighted by atomic mass is 16.3. The van der Waals surface area contributed by atoms with Gasteiger partial charge in [0.2, 0.25) is 5.71 Å².